The average molecular weight is 412 g/mol. The molecule has 2 aromatic rings. The zero-order chi connectivity index (χ0) is 20.0. The monoisotopic (exact) mass is 411 g/mol. The summed E-state index contributed by atoms with van der Waals surface area (Å²) in [5.41, 5.74) is 6.47. The van der Waals surface area contributed by atoms with E-state index in [9.17, 15) is 18.4 Å². The number of hydrogen-bond acceptors (Lipinski definition) is 3. The van der Waals surface area contributed by atoms with Crippen LogP contribution in [0.4, 0.5) is 14.5 Å². The van der Waals surface area contributed by atoms with Gasteiger partial charge < -0.3 is 16.0 Å². The largest absolute Gasteiger partial charge is 0.346 e. The van der Waals surface area contributed by atoms with E-state index in [1.54, 1.807) is 32.0 Å². The van der Waals surface area contributed by atoms with Crippen molar-refractivity contribution < 1.29 is 18.4 Å². The number of anilines is 1. The van der Waals surface area contributed by atoms with Gasteiger partial charge in [0.2, 0.25) is 11.8 Å². The van der Waals surface area contributed by atoms with E-state index in [0.717, 1.165) is 0 Å². The van der Waals surface area contributed by atoms with Gasteiger partial charge in [-0.2, -0.15) is 0 Å². The molecule has 0 aliphatic carbocycles. The van der Waals surface area contributed by atoms with Gasteiger partial charge in [-0.3, -0.25) is 9.59 Å². The van der Waals surface area contributed by atoms with Crippen LogP contribution in [0.1, 0.15) is 19.4 Å². The topological polar surface area (TPSA) is 75.4 Å². The van der Waals surface area contributed by atoms with Gasteiger partial charge in [0.05, 0.1) is 19.1 Å². The summed E-state index contributed by atoms with van der Waals surface area (Å²) in [6.07, 6.45) is 0. The third kappa shape index (κ3) is 6.28. The van der Waals surface area contributed by atoms with Crippen LogP contribution >= 0.6 is 12.4 Å². The van der Waals surface area contributed by atoms with Gasteiger partial charge in [-0.15, -0.1) is 12.4 Å². The van der Waals surface area contributed by atoms with E-state index in [-0.39, 0.29) is 31.4 Å². The lowest BCUT2D eigenvalue weighted by atomic mass is 10.1. The summed E-state index contributed by atoms with van der Waals surface area (Å²) >= 11 is 0. The maximum absolute atomic E-state index is 14.0. The van der Waals surface area contributed by atoms with Crippen molar-refractivity contribution in [2.75, 3.05) is 11.4 Å². The molecule has 0 saturated carbocycles. The highest BCUT2D eigenvalue weighted by Crippen LogP contribution is 2.19. The predicted molar refractivity (Wildman–Crippen MR) is 107 cm³/mol. The Hall–Kier alpha value is -2.51. The fraction of sp³-hybridized carbons (Fsp3) is 0.300. The Labute approximate surface area is 169 Å². The third-order valence-corrected chi connectivity index (χ3v) is 4.16. The van der Waals surface area contributed by atoms with Crippen molar-refractivity contribution in [2.45, 2.75) is 26.4 Å². The molecule has 0 aromatic heterocycles. The number of hydrogen-bond donors (Lipinski definition) is 2. The van der Waals surface area contributed by atoms with E-state index in [0.29, 0.717) is 11.3 Å². The lowest BCUT2D eigenvalue weighted by Gasteiger charge is -2.24. The summed E-state index contributed by atoms with van der Waals surface area (Å²) < 4.78 is 27.2. The molecule has 28 heavy (non-hydrogen) atoms. The Morgan fingerprint density at radius 2 is 1.68 bits per heavy atom. The second-order valence-electron chi connectivity index (χ2n) is 6.54. The van der Waals surface area contributed by atoms with Crippen molar-refractivity contribution in [1.82, 2.24) is 5.32 Å². The number of benzene rings is 2. The second-order valence-corrected chi connectivity index (χ2v) is 6.54. The fourth-order valence-corrected chi connectivity index (χ4v) is 2.42. The number of carbonyl (C=O) groups excluding carboxylic acids is 2. The van der Waals surface area contributed by atoms with Crippen LogP contribution in [0.3, 0.4) is 0 Å². The van der Waals surface area contributed by atoms with Gasteiger partial charge >= 0.3 is 0 Å². The first-order valence-electron chi connectivity index (χ1n) is 8.62. The summed E-state index contributed by atoms with van der Waals surface area (Å²) in [6, 6.07) is 10.6. The molecule has 2 rings (SSSR count). The summed E-state index contributed by atoms with van der Waals surface area (Å²) in [5.74, 6) is -1.89. The number of nitrogens with two attached hydrogens (primary N) is 1. The summed E-state index contributed by atoms with van der Waals surface area (Å²) in [4.78, 5) is 26.0. The van der Waals surface area contributed by atoms with Crippen LogP contribution < -0.4 is 16.0 Å². The molecule has 0 saturated heterocycles. The van der Waals surface area contributed by atoms with Gasteiger partial charge in [-0.25, -0.2) is 8.78 Å². The van der Waals surface area contributed by atoms with E-state index in [1.165, 1.54) is 35.2 Å². The minimum atomic E-state index is -0.733. The minimum absolute atomic E-state index is 0. The van der Waals surface area contributed by atoms with Gasteiger partial charge in [0, 0.05) is 11.3 Å². The molecule has 0 aliphatic rings. The van der Waals surface area contributed by atoms with E-state index < -0.39 is 29.5 Å². The normalized spacial score (nSPS) is 11.5. The first-order chi connectivity index (χ1) is 12.8. The van der Waals surface area contributed by atoms with Crippen LogP contribution in [0.15, 0.2) is 48.5 Å². The standard InChI is InChI=1S/C20H23F2N3O2.ClH/c1-13(2)19(23)20(27)24-11-18(26)25(16-9-7-15(21)8-10-16)12-14-5-3-4-6-17(14)22;/h3-10,13,19H,11-12,23H2,1-2H3,(H,24,27);1H/t19-;/m0./s1. The number of nitrogens with one attached hydrogen (secondary N) is 1. The van der Waals surface area contributed by atoms with Crippen LogP contribution in [-0.2, 0) is 16.1 Å². The third-order valence-electron chi connectivity index (χ3n) is 4.16. The minimum Gasteiger partial charge on any atom is -0.346 e. The molecule has 8 heteroatoms. The zero-order valence-electron chi connectivity index (χ0n) is 15.7. The van der Waals surface area contributed by atoms with E-state index >= 15 is 0 Å². The Balaban J connectivity index is 0.00000392. The van der Waals surface area contributed by atoms with Crippen LogP contribution in [0.5, 0.6) is 0 Å². The first-order valence-corrected chi connectivity index (χ1v) is 8.62. The van der Waals surface area contributed by atoms with E-state index in [1.807, 2.05) is 0 Å². The quantitative estimate of drug-likeness (QED) is 0.735. The molecule has 2 aromatic carbocycles. The van der Waals surface area contributed by atoms with Crippen molar-refractivity contribution in [3.8, 4) is 0 Å². The fourth-order valence-electron chi connectivity index (χ4n) is 2.42. The number of carbonyl (C=O) groups is 2. The van der Waals surface area contributed by atoms with Gasteiger partial charge in [-0.05, 0) is 36.2 Å². The lowest BCUT2D eigenvalue weighted by molar-refractivity contribution is -0.126. The molecule has 152 valence electrons. The maximum Gasteiger partial charge on any atom is 0.246 e. The molecular weight excluding hydrogens is 388 g/mol. The van der Waals surface area contributed by atoms with Crippen LogP contribution in [0.25, 0.3) is 0 Å². The van der Waals surface area contributed by atoms with Crippen molar-refractivity contribution in [3.05, 3.63) is 65.7 Å². The number of nitrogens with zero attached hydrogens (tertiary/aromatic N) is 1. The van der Waals surface area contributed by atoms with Gasteiger partial charge in [-0.1, -0.05) is 32.0 Å². The predicted octanol–water partition coefficient (Wildman–Crippen LogP) is 3.02. The van der Waals surface area contributed by atoms with Gasteiger partial charge in [0.25, 0.3) is 0 Å². The van der Waals surface area contributed by atoms with E-state index in [2.05, 4.69) is 5.32 Å². The molecule has 0 heterocycles. The molecule has 0 fully saturated rings. The van der Waals surface area contributed by atoms with Gasteiger partial charge in [0.1, 0.15) is 11.6 Å². The maximum atomic E-state index is 14.0. The Morgan fingerprint density at radius 3 is 2.25 bits per heavy atom. The van der Waals surface area contributed by atoms with Crippen LogP contribution in [0, 0.1) is 17.6 Å². The molecular formula is C20H24ClF2N3O2. The Kier molecular flexibility index (Phi) is 9.02. The molecule has 0 spiro atoms. The molecule has 0 radical (unpaired) electrons. The highest BCUT2D eigenvalue weighted by Gasteiger charge is 2.21. The highest BCUT2D eigenvalue weighted by molar-refractivity contribution is 5.97. The zero-order valence-corrected chi connectivity index (χ0v) is 16.5. The molecule has 0 aliphatic heterocycles. The Morgan fingerprint density at radius 1 is 1.07 bits per heavy atom. The summed E-state index contributed by atoms with van der Waals surface area (Å²) in [6.45, 7) is 3.25. The van der Waals surface area contributed by atoms with Gasteiger partial charge in [0.15, 0.2) is 0 Å². The smallest absolute Gasteiger partial charge is 0.246 e. The summed E-state index contributed by atoms with van der Waals surface area (Å²) in [7, 11) is 0. The molecule has 1 atom stereocenters. The molecule has 2 amide bonds. The van der Waals surface area contributed by atoms with E-state index in [4.69, 9.17) is 5.73 Å². The number of rotatable bonds is 7. The van der Waals surface area contributed by atoms with Crippen molar-refractivity contribution >= 4 is 29.9 Å². The SMILES string of the molecule is CC(C)[C@H](N)C(=O)NCC(=O)N(Cc1ccccc1F)c1ccc(F)cc1.Cl. The van der Waals surface area contributed by atoms with Crippen molar-refractivity contribution in [1.29, 1.82) is 0 Å². The second kappa shape index (κ2) is 10.7. The first kappa shape index (κ1) is 23.5. The van der Waals surface area contributed by atoms with Crippen molar-refractivity contribution in [3.63, 3.8) is 0 Å². The molecule has 0 unspecified atom stereocenters. The number of amides is 2. The van der Waals surface area contributed by atoms with Crippen LogP contribution in [0.2, 0.25) is 0 Å². The molecule has 3 N–H and O–H groups in total. The molecule has 5 nitrogen and oxygen atoms in total. The molecule has 0 bridgehead atoms. The van der Waals surface area contributed by atoms with Crippen molar-refractivity contribution in [2.24, 2.45) is 11.7 Å². The lowest BCUT2D eigenvalue weighted by Crippen LogP contribution is -2.48. The Bertz CT molecular complexity index is 800. The highest BCUT2D eigenvalue weighted by atomic mass is 35.5. The summed E-state index contributed by atoms with van der Waals surface area (Å²) in [5, 5.41) is 2.50. The number of halogens is 3. The van der Waals surface area contributed by atoms with Crippen LogP contribution in [-0.4, -0.2) is 24.4 Å². The average Bonchev–Trinajstić information content (AvgIpc) is 2.65.